The Morgan fingerprint density at radius 3 is 2.62 bits per heavy atom. The minimum atomic E-state index is -0.531. The highest BCUT2D eigenvalue weighted by Crippen LogP contribution is 2.41. The summed E-state index contributed by atoms with van der Waals surface area (Å²) in [6.07, 6.45) is 10.9. The minimum Gasteiger partial charge on any atom is -0.349 e. The molecule has 1 atom stereocenters. The van der Waals surface area contributed by atoms with Gasteiger partial charge in [0, 0.05) is 10.9 Å². The third kappa shape index (κ3) is 3.15. The van der Waals surface area contributed by atoms with Crippen molar-refractivity contribution < 1.29 is 9.47 Å². The summed E-state index contributed by atoms with van der Waals surface area (Å²) in [6.45, 7) is 4.65. The number of hydrogen-bond donors (Lipinski definition) is 0. The summed E-state index contributed by atoms with van der Waals surface area (Å²) >= 11 is 3.64. The number of halogens is 1. The number of allylic oxidation sites excluding steroid dienone is 2. The monoisotopic (exact) mass is 348 g/mol. The molecule has 1 spiro atoms. The van der Waals surface area contributed by atoms with Gasteiger partial charge in [0.05, 0.1) is 18.1 Å². The van der Waals surface area contributed by atoms with Crippen molar-refractivity contribution in [3.63, 3.8) is 0 Å². The van der Waals surface area contributed by atoms with Crippen LogP contribution < -0.4 is 0 Å². The van der Waals surface area contributed by atoms with Crippen molar-refractivity contribution in [3.05, 3.63) is 58.6 Å². The van der Waals surface area contributed by atoms with Crippen LogP contribution in [0.4, 0.5) is 0 Å². The van der Waals surface area contributed by atoms with E-state index in [-0.39, 0.29) is 11.5 Å². The maximum Gasteiger partial charge on any atom is 0.163 e. The molecule has 2 nitrogen and oxygen atoms in total. The summed E-state index contributed by atoms with van der Waals surface area (Å²) in [6, 6.07) is 8.35. The molecule has 3 heteroatoms. The molecule has 3 rings (SSSR count). The molecule has 1 aromatic rings. The van der Waals surface area contributed by atoms with Crippen LogP contribution in [-0.2, 0) is 15.9 Å². The molecule has 0 saturated carbocycles. The molecule has 0 amide bonds. The average molecular weight is 349 g/mol. The third-order valence-electron chi connectivity index (χ3n) is 4.19. The second kappa shape index (κ2) is 5.71. The Labute approximate surface area is 135 Å². The highest BCUT2D eigenvalue weighted by Gasteiger charge is 2.45. The number of benzene rings is 1. The molecule has 21 heavy (non-hydrogen) atoms. The molecule has 1 aliphatic carbocycles. The summed E-state index contributed by atoms with van der Waals surface area (Å²) in [5, 5.41) is 0. The Morgan fingerprint density at radius 2 is 1.90 bits per heavy atom. The molecule has 1 aliphatic heterocycles. The fourth-order valence-electron chi connectivity index (χ4n) is 2.99. The Morgan fingerprint density at radius 1 is 1.19 bits per heavy atom. The van der Waals surface area contributed by atoms with Gasteiger partial charge in [0.15, 0.2) is 5.79 Å². The lowest BCUT2D eigenvalue weighted by molar-refractivity contribution is -0.300. The Bertz CT molecular complexity index is 562. The van der Waals surface area contributed by atoms with Crippen LogP contribution in [0.2, 0.25) is 0 Å². The first-order valence-electron chi connectivity index (χ1n) is 7.41. The summed E-state index contributed by atoms with van der Waals surface area (Å²) in [5.41, 5.74) is 1.12. The van der Waals surface area contributed by atoms with Gasteiger partial charge in [-0.05, 0) is 31.9 Å². The second-order valence-electron chi connectivity index (χ2n) is 6.24. The van der Waals surface area contributed by atoms with Crippen LogP contribution in [0.5, 0.6) is 0 Å². The molecule has 0 N–H and O–H groups in total. The van der Waals surface area contributed by atoms with E-state index in [9.17, 15) is 0 Å². The van der Waals surface area contributed by atoms with Crippen LogP contribution in [0, 0.1) is 5.41 Å². The van der Waals surface area contributed by atoms with Crippen molar-refractivity contribution >= 4 is 15.9 Å². The van der Waals surface area contributed by atoms with Crippen molar-refractivity contribution in [2.45, 2.75) is 38.6 Å². The van der Waals surface area contributed by atoms with Crippen molar-refractivity contribution in [2.24, 2.45) is 5.41 Å². The van der Waals surface area contributed by atoms with Crippen LogP contribution in [-0.4, -0.2) is 18.5 Å². The van der Waals surface area contributed by atoms with Gasteiger partial charge in [-0.25, -0.2) is 0 Å². The van der Waals surface area contributed by atoms with Crippen molar-refractivity contribution in [1.29, 1.82) is 0 Å². The first-order valence-corrected chi connectivity index (χ1v) is 8.21. The van der Waals surface area contributed by atoms with Crippen LogP contribution in [0.1, 0.15) is 25.8 Å². The molecule has 0 bridgehead atoms. The average Bonchev–Trinajstić information content (AvgIpc) is 2.47. The molecular weight excluding hydrogens is 328 g/mol. The standard InChI is InChI=1S/C18H21BrO2/c1-17(2)20-13-18(10-6-3-7-11-18)16(21-17)12-14-8-4-5-9-15(14)19/h4-11,16H,3,12-13H2,1-2H3/t16-/m1/s1. The van der Waals surface area contributed by atoms with E-state index in [1.807, 2.05) is 19.9 Å². The van der Waals surface area contributed by atoms with Gasteiger partial charge in [-0.1, -0.05) is 58.4 Å². The lowest BCUT2D eigenvalue weighted by Gasteiger charge is -2.47. The van der Waals surface area contributed by atoms with Gasteiger partial charge in [0.25, 0.3) is 0 Å². The number of rotatable bonds is 2. The maximum absolute atomic E-state index is 6.28. The predicted octanol–water partition coefficient (Wildman–Crippen LogP) is 4.65. The van der Waals surface area contributed by atoms with E-state index >= 15 is 0 Å². The highest BCUT2D eigenvalue weighted by atomic mass is 79.9. The van der Waals surface area contributed by atoms with Gasteiger partial charge in [0.2, 0.25) is 0 Å². The molecule has 1 aromatic carbocycles. The van der Waals surface area contributed by atoms with E-state index in [2.05, 4.69) is 58.4 Å². The van der Waals surface area contributed by atoms with Crippen molar-refractivity contribution in [3.8, 4) is 0 Å². The third-order valence-corrected chi connectivity index (χ3v) is 4.96. The highest BCUT2D eigenvalue weighted by molar-refractivity contribution is 9.10. The molecular formula is C18H21BrO2. The number of hydrogen-bond acceptors (Lipinski definition) is 2. The first kappa shape index (κ1) is 15.0. The molecule has 1 heterocycles. The van der Waals surface area contributed by atoms with Gasteiger partial charge in [-0.15, -0.1) is 0 Å². The summed E-state index contributed by atoms with van der Waals surface area (Å²) < 4.78 is 13.3. The van der Waals surface area contributed by atoms with Gasteiger partial charge in [-0.3, -0.25) is 0 Å². The van der Waals surface area contributed by atoms with E-state index in [0.717, 1.165) is 17.3 Å². The van der Waals surface area contributed by atoms with Crippen LogP contribution in [0.3, 0.4) is 0 Å². The van der Waals surface area contributed by atoms with Crippen molar-refractivity contribution in [2.75, 3.05) is 6.61 Å². The molecule has 1 saturated heterocycles. The normalized spacial score (nSPS) is 26.1. The smallest absolute Gasteiger partial charge is 0.163 e. The van der Waals surface area contributed by atoms with E-state index in [4.69, 9.17) is 9.47 Å². The molecule has 0 radical (unpaired) electrons. The largest absolute Gasteiger partial charge is 0.349 e. The predicted molar refractivity (Wildman–Crippen MR) is 88.1 cm³/mol. The maximum atomic E-state index is 6.28. The van der Waals surface area contributed by atoms with E-state index in [1.165, 1.54) is 5.56 Å². The van der Waals surface area contributed by atoms with E-state index < -0.39 is 5.79 Å². The SMILES string of the molecule is CC1(C)OCC2(C=CCC=C2)[C@@H](Cc2ccccc2Br)O1. The van der Waals surface area contributed by atoms with E-state index in [0.29, 0.717) is 6.61 Å². The first-order chi connectivity index (χ1) is 10.0. The fraction of sp³-hybridized carbons (Fsp3) is 0.444. The second-order valence-corrected chi connectivity index (χ2v) is 7.10. The zero-order chi connectivity index (χ0) is 14.9. The van der Waals surface area contributed by atoms with Crippen LogP contribution in [0.15, 0.2) is 53.0 Å². The van der Waals surface area contributed by atoms with Crippen LogP contribution in [0.25, 0.3) is 0 Å². The molecule has 1 fully saturated rings. The fourth-order valence-corrected chi connectivity index (χ4v) is 3.44. The van der Waals surface area contributed by atoms with Crippen LogP contribution >= 0.6 is 15.9 Å². The topological polar surface area (TPSA) is 18.5 Å². The summed E-state index contributed by atoms with van der Waals surface area (Å²) in [4.78, 5) is 0. The quantitative estimate of drug-likeness (QED) is 0.724. The lowest BCUT2D eigenvalue weighted by atomic mass is 9.76. The molecule has 2 aliphatic rings. The molecule has 112 valence electrons. The summed E-state index contributed by atoms with van der Waals surface area (Å²) in [7, 11) is 0. The van der Waals surface area contributed by atoms with Gasteiger partial charge in [0.1, 0.15) is 0 Å². The Balaban J connectivity index is 1.91. The Hall–Kier alpha value is -0.900. The zero-order valence-electron chi connectivity index (χ0n) is 12.5. The van der Waals surface area contributed by atoms with Gasteiger partial charge < -0.3 is 9.47 Å². The van der Waals surface area contributed by atoms with Gasteiger partial charge in [-0.2, -0.15) is 0 Å². The lowest BCUT2D eigenvalue weighted by Crippen LogP contribution is -2.52. The molecule has 0 aromatic heterocycles. The zero-order valence-corrected chi connectivity index (χ0v) is 14.1. The van der Waals surface area contributed by atoms with Gasteiger partial charge >= 0.3 is 0 Å². The molecule has 0 unspecified atom stereocenters. The Kier molecular flexibility index (Phi) is 4.08. The minimum absolute atomic E-state index is 0.0766. The van der Waals surface area contributed by atoms with Crippen molar-refractivity contribution in [1.82, 2.24) is 0 Å². The van der Waals surface area contributed by atoms with E-state index in [1.54, 1.807) is 0 Å². The summed E-state index contributed by atoms with van der Waals surface area (Å²) in [5.74, 6) is -0.531. The number of ether oxygens (including phenoxy) is 2.